The maximum absolute atomic E-state index is 12.7. The molecule has 1 aliphatic rings. The van der Waals surface area contributed by atoms with Gasteiger partial charge in [0, 0.05) is 30.8 Å². The number of carbonyl (C=O) groups is 2. The molecule has 1 aliphatic heterocycles. The summed E-state index contributed by atoms with van der Waals surface area (Å²) in [6.07, 6.45) is -4.77. The van der Waals surface area contributed by atoms with Crippen LogP contribution in [0.15, 0.2) is 28.8 Å². The molecule has 0 aliphatic carbocycles. The molecule has 1 unspecified atom stereocenters. The van der Waals surface area contributed by atoms with Gasteiger partial charge in [0.1, 0.15) is 6.04 Å². The van der Waals surface area contributed by atoms with E-state index in [0.717, 1.165) is 0 Å². The molecule has 3 rings (SSSR count). The third kappa shape index (κ3) is 3.52. The zero-order valence-electron chi connectivity index (χ0n) is 13.2. The van der Waals surface area contributed by atoms with Crippen LogP contribution in [0.5, 0.6) is 0 Å². The summed E-state index contributed by atoms with van der Waals surface area (Å²) in [7, 11) is 0. The Labute approximate surface area is 144 Å². The fraction of sp³-hybridized carbons (Fsp3) is 0.333. The van der Waals surface area contributed by atoms with Crippen LogP contribution in [0.25, 0.3) is 11.4 Å². The molecule has 1 amide bonds. The average Bonchev–Trinajstić information content (AvgIpc) is 3.12. The van der Waals surface area contributed by atoms with Crippen LogP contribution < -0.4 is 5.32 Å². The van der Waals surface area contributed by atoms with E-state index in [1.54, 1.807) is 0 Å². The van der Waals surface area contributed by atoms with Crippen molar-refractivity contribution in [2.75, 3.05) is 19.6 Å². The number of hydrogen-bond acceptors (Lipinski definition) is 6. The number of amides is 1. The highest BCUT2D eigenvalue weighted by molar-refractivity contribution is 5.97. The molecule has 1 atom stereocenters. The first kappa shape index (κ1) is 17.9. The van der Waals surface area contributed by atoms with Crippen molar-refractivity contribution in [3.63, 3.8) is 0 Å². The minimum Gasteiger partial charge on any atom is -0.480 e. The number of carboxylic acid groups (broad SMARTS) is 1. The fourth-order valence-corrected chi connectivity index (χ4v) is 2.58. The molecule has 138 valence electrons. The van der Waals surface area contributed by atoms with Crippen molar-refractivity contribution in [1.29, 1.82) is 0 Å². The number of piperazine rings is 1. The lowest BCUT2D eigenvalue weighted by Crippen LogP contribution is -2.56. The molecule has 1 fully saturated rings. The summed E-state index contributed by atoms with van der Waals surface area (Å²) in [6.45, 7) is 0.746. The zero-order valence-corrected chi connectivity index (χ0v) is 13.2. The van der Waals surface area contributed by atoms with Gasteiger partial charge in [-0.25, -0.2) is 4.79 Å². The van der Waals surface area contributed by atoms with Gasteiger partial charge in [0.25, 0.3) is 5.91 Å². The van der Waals surface area contributed by atoms with Crippen molar-refractivity contribution in [3.05, 3.63) is 35.7 Å². The molecule has 2 aromatic rings. The summed E-state index contributed by atoms with van der Waals surface area (Å²) in [6, 6.07) is 4.59. The summed E-state index contributed by atoms with van der Waals surface area (Å²) in [5.74, 6) is -3.49. The summed E-state index contributed by atoms with van der Waals surface area (Å²) >= 11 is 0. The van der Waals surface area contributed by atoms with Gasteiger partial charge in [-0.3, -0.25) is 4.79 Å². The van der Waals surface area contributed by atoms with Crippen LogP contribution in [0.2, 0.25) is 0 Å². The monoisotopic (exact) mass is 370 g/mol. The lowest BCUT2D eigenvalue weighted by Gasteiger charge is -2.33. The molecule has 2 N–H and O–H groups in total. The van der Waals surface area contributed by atoms with E-state index in [1.807, 2.05) is 0 Å². The first-order chi connectivity index (χ1) is 12.3. The molecule has 11 heteroatoms. The first-order valence-corrected chi connectivity index (χ1v) is 7.53. The van der Waals surface area contributed by atoms with Crippen LogP contribution in [0, 0.1) is 0 Å². The van der Waals surface area contributed by atoms with Gasteiger partial charge < -0.3 is 19.8 Å². The van der Waals surface area contributed by atoms with E-state index in [1.165, 1.54) is 29.2 Å². The van der Waals surface area contributed by atoms with E-state index in [4.69, 9.17) is 0 Å². The number of alkyl halides is 3. The van der Waals surface area contributed by atoms with E-state index < -0.39 is 30.0 Å². The smallest absolute Gasteiger partial charge is 0.471 e. The van der Waals surface area contributed by atoms with Gasteiger partial charge in [-0.15, -0.1) is 0 Å². The summed E-state index contributed by atoms with van der Waals surface area (Å²) in [5.41, 5.74) is 0.270. The predicted octanol–water partition coefficient (Wildman–Crippen LogP) is 1.25. The number of aromatic nitrogens is 2. The van der Waals surface area contributed by atoms with Crippen LogP contribution in [0.3, 0.4) is 0 Å². The van der Waals surface area contributed by atoms with Crippen LogP contribution in [-0.2, 0) is 11.0 Å². The summed E-state index contributed by atoms with van der Waals surface area (Å²) < 4.78 is 41.9. The standard InChI is InChI=1S/C15H13F3N4O4/c16-15(17,18)14-20-11(21-26-14)8-2-1-3-9(6-8)12(23)22-5-4-19-7-10(22)13(24)25/h1-3,6,10,19H,4-5,7H2,(H,24,25). The van der Waals surface area contributed by atoms with Gasteiger partial charge in [0.2, 0.25) is 5.82 Å². The van der Waals surface area contributed by atoms with Crippen LogP contribution in [0.1, 0.15) is 16.2 Å². The molecule has 1 aromatic carbocycles. The average molecular weight is 370 g/mol. The number of nitrogens with one attached hydrogen (secondary N) is 1. The SMILES string of the molecule is O=C(O)C1CNCCN1C(=O)c1cccc(-c2noc(C(F)(F)F)n2)c1. The Morgan fingerprint density at radius 3 is 2.77 bits per heavy atom. The van der Waals surface area contributed by atoms with Gasteiger partial charge in [0.05, 0.1) is 0 Å². The van der Waals surface area contributed by atoms with E-state index in [2.05, 4.69) is 20.0 Å². The molecule has 0 bridgehead atoms. The number of carbonyl (C=O) groups excluding carboxylic acids is 1. The lowest BCUT2D eigenvalue weighted by molar-refractivity contribution is -0.159. The van der Waals surface area contributed by atoms with E-state index in [0.29, 0.717) is 6.54 Å². The van der Waals surface area contributed by atoms with Gasteiger partial charge in [0.15, 0.2) is 0 Å². The molecular weight excluding hydrogens is 357 g/mol. The summed E-state index contributed by atoms with van der Waals surface area (Å²) in [5, 5.41) is 15.4. The molecule has 2 heterocycles. The third-order valence-electron chi connectivity index (χ3n) is 3.83. The number of aliphatic carboxylic acids is 1. The van der Waals surface area contributed by atoms with Gasteiger partial charge in [-0.1, -0.05) is 17.3 Å². The normalized spacial score (nSPS) is 18.0. The number of rotatable bonds is 3. The molecular formula is C15H13F3N4O4. The van der Waals surface area contributed by atoms with Crippen LogP contribution in [0.4, 0.5) is 13.2 Å². The maximum atomic E-state index is 12.7. The minimum absolute atomic E-state index is 0.112. The molecule has 1 aromatic heterocycles. The van der Waals surface area contributed by atoms with Crippen LogP contribution in [-0.4, -0.2) is 57.7 Å². The van der Waals surface area contributed by atoms with Crippen molar-refractivity contribution >= 4 is 11.9 Å². The largest absolute Gasteiger partial charge is 0.480 e. The van der Waals surface area contributed by atoms with E-state index >= 15 is 0 Å². The Morgan fingerprint density at radius 1 is 1.35 bits per heavy atom. The Bertz CT molecular complexity index is 836. The number of nitrogens with zero attached hydrogens (tertiary/aromatic N) is 3. The fourth-order valence-electron chi connectivity index (χ4n) is 2.58. The molecule has 26 heavy (non-hydrogen) atoms. The van der Waals surface area contributed by atoms with Gasteiger partial charge in [-0.2, -0.15) is 18.2 Å². The number of benzene rings is 1. The first-order valence-electron chi connectivity index (χ1n) is 7.53. The van der Waals surface area contributed by atoms with Crippen molar-refractivity contribution < 1.29 is 32.4 Å². The van der Waals surface area contributed by atoms with Gasteiger partial charge in [-0.05, 0) is 12.1 Å². The number of hydrogen-bond donors (Lipinski definition) is 2. The topological polar surface area (TPSA) is 109 Å². The molecule has 0 saturated carbocycles. The second-order valence-electron chi connectivity index (χ2n) is 5.56. The molecule has 8 nitrogen and oxygen atoms in total. The Morgan fingerprint density at radius 2 is 2.12 bits per heavy atom. The quantitative estimate of drug-likeness (QED) is 0.837. The highest BCUT2D eigenvalue weighted by Crippen LogP contribution is 2.29. The molecule has 0 spiro atoms. The molecule has 0 radical (unpaired) electrons. The maximum Gasteiger partial charge on any atom is 0.471 e. The second-order valence-corrected chi connectivity index (χ2v) is 5.56. The predicted molar refractivity (Wildman–Crippen MR) is 80.1 cm³/mol. The van der Waals surface area contributed by atoms with Crippen molar-refractivity contribution in [3.8, 4) is 11.4 Å². The highest BCUT2D eigenvalue weighted by Gasteiger charge is 2.38. The summed E-state index contributed by atoms with van der Waals surface area (Å²) in [4.78, 5) is 28.4. The highest BCUT2D eigenvalue weighted by atomic mass is 19.4. The minimum atomic E-state index is -4.77. The Kier molecular flexibility index (Phi) is 4.64. The Balaban J connectivity index is 1.88. The van der Waals surface area contributed by atoms with Crippen molar-refractivity contribution in [2.45, 2.75) is 12.2 Å². The molecule has 1 saturated heterocycles. The Hall–Kier alpha value is -2.95. The van der Waals surface area contributed by atoms with Gasteiger partial charge >= 0.3 is 18.0 Å². The number of carboxylic acids is 1. The van der Waals surface area contributed by atoms with E-state index in [9.17, 15) is 27.9 Å². The van der Waals surface area contributed by atoms with Crippen LogP contribution >= 0.6 is 0 Å². The van der Waals surface area contributed by atoms with Crippen molar-refractivity contribution in [2.24, 2.45) is 0 Å². The van der Waals surface area contributed by atoms with E-state index in [-0.39, 0.29) is 30.0 Å². The zero-order chi connectivity index (χ0) is 18.9. The second kappa shape index (κ2) is 6.75. The third-order valence-corrected chi connectivity index (χ3v) is 3.83. The van der Waals surface area contributed by atoms with Crippen molar-refractivity contribution in [1.82, 2.24) is 20.4 Å². The lowest BCUT2D eigenvalue weighted by atomic mass is 10.1. The number of halogens is 3.